The van der Waals surface area contributed by atoms with Gasteiger partial charge in [-0.3, -0.25) is 0 Å². The molecule has 1 aliphatic heterocycles. The highest BCUT2D eigenvalue weighted by Crippen LogP contribution is 2.34. The minimum atomic E-state index is 0.0726. The van der Waals surface area contributed by atoms with Gasteiger partial charge in [0.2, 0.25) is 0 Å². The van der Waals surface area contributed by atoms with Crippen LogP contribution in [-0.2, 0) is 11.2 Å². The van der Waals surface area contributed by atoms with Crippen LogP contribution in [0.25, 0.3) is 0 Å². The van der Waals surface area contributed by atoms with Gasteiger partial charge in [-0.2, -0.15) is 0 Å². The van der Waals surface area contributed by atoms with E-state index in [1.165, 1.54) is 16.8 Å². The zero-order valence-corrected chi connectivity index (χ0v) is 9.05. The van der Waals surface area contributed by atoms with E-state index in [1.807, 2.05) is 0 Å². The van der Waals surface area contributed by atoms with Gasteiger partial charge >= 0.3 is 0 Å². The molecule has 1 atom stereocenters. The number of anilines is 1. The maximum Gasteiger partial charge on any atom is 0.0693 e. The average molecular weight is 191 g/mol. The van der Waals surface area contributed by atoms with Crippen LogP contribution in [0.15, 0.2) is 18.2 Å². The van der Waals surface area contributed by atoms with Crippen LogP contribution in [0.2, 0.25) is 0 Å². The molecule has 0 fully saturated rings. The molecule has 1 unspecified atom stereocenters. The molecule has 1 aliphatic rings. The number of fused-ring (bicyclic) bond motifs is 1. The van der Waals surface area contributed by atoms with E-state index in [9.17, 15) is 0 Å². The number of nitrogens with one attached hydrogen (secondary N) is 1. The molecular formula is C12H17NO. The first-order valence-corrected chi connectivity index (χ1v) is 5.00. The lowest BCUT2D eigenvalue weighted by Crippen LogP contribution is -2.37. The summed E-state index contributed by atoms with van der Waals surface area (Å²) in [6.07, 6.45) is 1.05. The average Bonchev–Trinajstić information content (AvgIpc) is 2.44. The molecule has 0 aliphatic carbocycles. The highest BCUT2D eigenvalue weighted by molar-refractivity contribution is 5.63. The number of rotatable bonds is 2. The fraction of sp³-hybridized carbons (Fsp3) is 0.500. The Morgan fingerprint density at radius 1 is 1.50 bits per heavy atom. The van der Waals surface area contributed by atoms with Crippen molar-refractivity contribution in [2.45, 2.75) is 25.8 Å². The molecule has 1 aromatic carbocycles. The summed E-state index contributed by atoms with van der Waals surface area (Å²) in [7, 11) is 1.75. The fourth-order valence-corrected chi connectivity index (χ4v) is 2.23. The molecule has 2 rings (SSSR count). The van der Waals surface area contributed by atoms with Crippen molar-refractivity contribution in [3.05, 3.63) is 29.3 Å². The summed E-state index contributed by atoms with van der Waals surface area (Å²) in [5.74, 6) is 0. The van der Waals surface area contributed by atoms with Crippen LogP contribution in [0, 0.1) is 6.92 Å². The molecule has 2 nitrogen and oxygen atoms in total. The molecule has 0 aromatic heterocycles. The summed E-state index contributed by atoms with van der Waals surface area (Å²) in [5.41, 5.74) is 4.10. The van der Waals surface area contributed by atoms with E-state index in [-0.39, 0.29) is 5.54 Å². The third-order valence-electron chi connectivity index (χ3n) is 2.83. The molecule has 0 amide bonds. The van der Waals surface area contributed by atoms with Crippen LogP contribution in [-0.4, -0.2) is 19.3 Å². The van der Waals surface area contributed by atoms with Crippen molar-refractivity contribution >= 4 is 5.69 Å². The first-order valence-electron chi connectivity index (χ1n) is 5.00. The Morgan fingerprint density at radius 2 is 2.29 bits per heavy atom. The second kappa shape index (κ2) is 3.28. The predicted octanol–water partition coefficient (Wildman–Crippen LogP) is 2.37. The van der Waals surface area contributed by atoms with Gasteiger partial charge in [-0.15, -0.1) is 0 Å². The lowest BCUT2D eigenvalue weighted by atomic mass is 9.98. The van der Waals surface area contributed by atoms with Crippen LogP contribution < -0.4 is 5.32 Å². The van der Waals surface area contributed by atoms with Crippen molar-refractivity contribution in [1.29, 1.82) is 0 Å². The Morgan fingerprint density at radius 3 is 2.93 bits per heavy atom. The van der Waals surface area contributed by atoms with E-state index < -0.39 is 0 Å². The quantitative estimate of drug-likeness (QED) is 0.775. The van der Waals surface area contributed by atoms with Gasteiger partial charge in [-0.05, 0) is 31.4 Å². The molecule has 2 heteroatoms. The highest BCUT2D eigenvalue weighted by Gasteiger charge is 2.32. The normalized spacial score (nSPS) is 24.5. The Kier molecular flexibility index (Phi) is 2.23. The van der Waals surface area contributed by atoms with Crippen molar-refractivity contribution in [1.82, 2.24) is 0 Å². The summed E-state index contributed by atoms with van der Waals surface area (Å²) in [4.78, 5) is 0. The van der Waals surface area contributed by atoms with Gasteiger partial charge in [0.05, 0.1) is 12.1 Å². The second-order valence-electron chi connectivity index (χ2n) is 4.40. The molecule has 1 N–H and O–H groups in total. The molecule has 0 radical (unpaired) electrons. The number of hydrogen-bond acceptors (Lipinski definition) is 2. The van der Waals surface area contributed by atoms with Crippen molar-refractivity contribution in [2.75, 3.05) is 19.0 Å². The first-order chi connectivity index (χ1) is 6.64. The van der Waals surface area contributed by atoms with Crippen LogP contribution in [0.5, 0.6) is 0 Å². The molecule has 14 heavy (non-hydrogen) atoms. The predicted molar refractivity (Wildman–Crippen MR) is 58.8 cm³/mol. The SMILES string of the molecule is COCC1(C)Cc2cccc(C)c2N1. The standard InChI is InChI=1S/C12H17NO/c1-9-5-4-6-10-7-12(2,8-14-3)13-11(9)10/h4-6,13H,7-8H2,1-3H3. The van der Waals surface area contributed by atoms with Gasteiger partial charge < -0.3 is 10.1 Å². The van der Waals surface area contributed by atoms with Gasteiger partial charge in [0.1, 0.15) is 0 Å². The fourth-order valence-electron chi connectivity index (χ4n) is 2.23. The maximum atomic E-state index is 5.24. The van der Waals surface area contributed by atoms with E-state index in [4.69, 9.17) is 4.74 Å². The Labute approximate surface area is 85.3 Å². The topological polar surface area (TPSA) is 21.3 Å². The van der Waals surface area contributed by atoms with E-state index in [2.05, 4.69) is 37.4 Å². The summed E-state index contributed by atoms with van der Waals surface area (Å²) in [6, 6.07) is 6.45. The molecular weight excluding hydrogens is 174 g/mol. The van der Waals surface area contributed by atoms with Crippen LogP contribution in [0.3, 0.4) is 0 Å². The van der Waals surface area contributed by atoms with E-state index in [0.717, 1.165) is 13.0 Å². The molecule has 0 spiro atoms. The molecule has 0 saturated heterocycles. The second-order valence-corrected chi connectivity index (χ2v) is 4.40. The van der Waals surface area contributed by atoms with E-state index in [0.29, 0.717) is 0 Å². The van der Waals surface area contributed by atoms with Crippen molar-refractivity contribution in [3.8, 4) is 0 Å². The maximum absolute atomic E-state index is 5.24. The van der Waals surface area contributed by atoms with Gasteiger partial charge in [0.25, 0.3) is 0 Å². The van der Waals surface area contributed by atoms with Crippen molar-refractivity contribution in [2.24, 2.45) is 0 Å². The number of para-hydroxylation sites is 1. The number of methoxy groups -OCH3 is 1. The van der Waals surface area contributed by atoms with Gasteiger partial charge in [0.15, 0.2) is 0 Å². The lowest BCUT2D eigenvalue weighted by Gasteiger charge is -2.24. The number of aryl methyl sites for hydroxylation is 1. The molecule has 0 saturated carbocycles. The van der Waals surface area contributed by atoms with Gasteiger partial charge in [0, 0.05) is 12.8 Å². The van der Waals surface area contributed by atoms with Gasteiger partial charge in [-0.1, -0.05) is 18.2 Å². The first kappa shape index (κ1) is 9.53. The molecule has 1 aromatic rings. The number of benzene rings is 1. The van der Waals surface area contributed by atoms with Crippen LogP contribution >= 0.6 is 0 Å². The highest BCUT2D eigenvalue weighted by atomic mass is 16.5. The summed E-state index contributed by atoms with van der Waals surface area (Å²) >= 11 is 0. The van der Waals surface area contributed by atoms with Gasteiger partial charge in [-0.25, -0.2) is 0 Å². The molecule has 76 valence electrons. The Hall–Kier alpha value is -1.02. The number of ether oxygens (including phenoxy) is 1. The Bertz CT molecular complexity index is 348. The summed E-state index contributed by atoms with van der Waals surface area (Å²) in [6.45, 7) is 5.10. The Balaban J connectivity index is 2.29. The zero-order chi connectivity index (χ0) is 10.2. The summed E-state index contributed by atoms with van der Waals surface area (Å²) in [5, 5.41) is 3.56. The lowest BCUT2D eigenvalue weighted by molar-refractivity contribution is 0.153. The van der Waals surface area contributed by atoms with E-state index >= 15 is 0 Å². The largest absolute Gasteiger partial charge is 0.382 e. The minimum absolute atomic E-state index is 0.0726. The molecule has 1 heterocycles. The van der Waals surface area contributed by atoms with Crippen LogP contribution in [0.4, 0.5) is 5.69 Å². The third kappa shape index (κ3) is 1.50. The van der Waals surface area contributed by atoms with Crippen molar-refractivity contribution in [3.63, 3.8) is 0 Å². The van der Waals surface area contributed by atoms with Crippen molar-refractivity contribution < 1.29 is 4.74 Å². The van der Waals surface area contributed by atoms with Crippen LogP contribution in [0.1, 0.15) is 18.1 Å². The zero-order valence-electron chi connectivity index (χ0n) is 9.05. The molecule has 0 bridgehead atoms. The minimum Gasteiger partial charge on any atom is -0.382 e. The van der Waals surface area contributed by atoms with E-state index in [1.54, 1.807) is 7.11 Å². The number of hydrogen-bond donors (Lipinski definition) is 1. The third-order valence-corrected chi connectivity index (χ3v) is 2.83. The summed E-state index contributed by atoms with van der Waals surface area (Å²) < 4.78 is 5.24. The monoisotopic (exact) mass is 191 g/mol. The smallest absolute Gasteiger partial charge is 0.0693 e.